The van der Waals surface area contributed by atoms with Crippen LogP contribution in [0.5, 0.6) is 0 Å². The lowest BCUT2D eigenvalue weighted by Gasteiger charge is -2.41. The van der Waals surface area contributed by atoms with Crippen LogP contribution in [0.4, 0.5) is 0 Å². The van der Waals surface area contributed by atoms with Crippen LogP contribution in [0.2, 0.25) is 0 Å². The second kappa shape index (κ2) is 6.41. The fraction of sp³-hybridized carbons (Fsp3) is 0.273. The SMILES string of the molecule is CC(C)c1nc2ccccc2n1C1CN(C(=O)c2ccc3nccnc3c2)C1. The number of carbonyl (C=O) groups excluding carboxylic acids is 1. The number of fused-ring (bicyclic) bond motifs is 2. The van der Waals surface area contributed by atoms with E-state index in [2.05, 4.69) is 40.5 Å². The summed E-state index contributed by atoms with van der Waals surface area (Å²) in [6.07, 6.45) is 3.31. The molecular weight excluding hydrogens is 350 g/mol. The highest BCUT2D eigenvalue weighted by atomic mass is 16.2. The van der Waals surface area contributed by atoms with Gasteiger partial charge >= 0.3 is 0 Å². The van der Waals surface area contributed by atoms with Crippen molar-refractivity contribution < 1.29 is 4.79 Å². The van der Waals surface area contributed by atoms with E-state index in [1.165, 1.54) is 0 Å². The fourth-order valence-electron chi connectivity index (χ4n) is 3.92. The Morgan fingerprint density at radius 3 is 2.54 bits per heavy atom. The summed E-state index contributed by atoms with van der Waals surface area (Å²) >= 11 is 0. The number of hydrogen-bond donors (Lipinski definition) is 0. The number of para-hydroxylation sites is 2. The Hall–Kier alpha value is -3.28. The van der Waals surface area contributed by atoms with Crippen molar-refractivity contribution in [3.63, 3.8) is 0 Å². The van der Waals surface area contributed by atoms with Crippen molar-refractivity contribution in [2.24, 2.45) is 0 Å². The van der Waals surface area contributed by atoms with Crippen molar-refractivity contribution in [3.8, 4) is 0 Å². The van der Waals surface area contributed by atoms with Crippen molar-refractivity contribution in [2.75, 3.05) is 13.1 Å². The van der Waals surface area contributed by atoms with E-state index in [-0.39, 0.29) is 11.9 Å². The monoisotopic (exact) mass is 371 g/mol. The predicted molar refractivity (Wildman–Crippen MR) is 108 cm³/mol. The summed E-state index contributed by atoms with van der Waals surface area (Å²) in [7, 11) is 0. The maximum absolute atomic E-state index is 12.9. The Bertz CT molecular complexity index is 1190. The summed E-state index contributed by atoms with van der Waals surface area (Å²) in [6.45, 7) is 5.71. The number of likely N-dealkylation sites (tertiary alicyclic amines) is 1. The normalized spacial score (nSPS) is 14.8. The zero-order valence-electron chi connectivity index (χ0n) is 15.9. The first-order valence-corrected chi connectivity index (χ1v) is 9.59. The minimum absolute atomic E-state index is 0.0410. The fourth-order valence-corrected chi connectivity index (χ4v) is 3.92. The molecule has 28 heavy (non-hydrogen) atoms. The molecule has 1 saturated heterocycles. The Kier molecular flexibility index (Phi) is 3.86. The molecule has 5 rings (SSSR count). The number of carbonyl (C=O) groups is 1. The predicted octanol–water partition coefficient (Wildman–Crippen LogP) is 3.80. The van der Waals surface area contributed by atoms with Crippen molar-refractivity contribution >= 4 is 28.0 Å². The molecule has 1 fully saturated rings. The van der Waals surface area contributed by atoms with Gasteiger partial charge in [-0.3, -0.25) is 14.8 Å². The van der Waals surface area contributed by atoms with Crippen LogP contribution in [0.15, 0.2) is 54.9 Å². The second-order valence-electron chi connectivity index (χ2n) is 7.61. The van der Waals surface area contributed by atoms with Gasteiger partial charge in [-0.15, -0.1) is 0 Å². The smallest absolute Gasteiger partial charge is 0.254 e. The van der Waals surface area contributed by atoms with Gasteiger partial charge in [-0.05, 0) is 30.3 Å². The van der Waals surface area contributed by atoms with E-state index in [0.717, 1.165) is 27.9 Å². The number of nitrogens with zero attached hydrogens (tertiary/aromatic N) is 5. The summed E-state index contributed by atoms with van der Waals surface area (Å²) in [5.74, 6) is 1.45. The summed E-state index contributed by atoms with van der Waals surface area (Å²) in [6, 6.07) is 14.0. The maximum Gasteiger partial charge on any atom is 0.254 e. The lowest BCUT2D eigenvalue weighted by atomic mass is 10.0. The molecule has 0 atom stereocenters. The quantitative estimate of drug-likeness (QED) is 0.549. The van der Waals surface area contributed by atoms with Crippen molar-refractivity contribution in [1.82, 2.24) is 24.4 Å². The topological polar surface area (TPSA) is 63.9 Å². The number of benzene rings is 2. The molecular formula is C22H21N5O. The molecule has 4 aromatic rings. The molecule has 0 N–H and O–H groups in total. The molecule has 3 heterocycles. The van der Waals surface area contributed by atoms with E-state index in [1.807, 2.05) is 35.2 Å². The second-order valence-corrected chi connectivity index (χ2v) is 7.61. The van der Waals surface area contributed by atoms with Crippen LogP contribution < -0.4 is 0 Å². The number of hydrogen-bond acceptors (Lipinski definition) is 4. The maximum atomic E-state index is 12.9. The van der Waals surface area contributed by atoms with Gasteiger partial charge < -0.3 is 9.47 Å². The molecule has 2 aromatic heterocycles. The molecule has 1 aliphatic heterocycles. The first-order chi connectivity index (χ1) is 13.6. The molecule has 0 spiro atoms. The largest absolute Gasteiger partial charge is 0.334 e. The number of aromatic nitrogens is 4. The molecule has 2 aromatic carbocycles. The van der Waals surface area contributed by atoms with Crippen LogP contribution >= 0.6 is 0 Å². The van der Waals surface area contributed by atoms with Gasteiger partial charge in [0.25, 0.3) is 5.91 Å². The average Bonchev–Trinajstić information content (AvgIpc) is 3.06. The molecule has 1 amide bonds. The van der Waals surface area contributed by atoms with E-state index >= 15 is 0 Å². The third-order valence-corrected chi connectivity index (χ3v) is 5.37. The number of amides is 1. The van der Waals surface area contributed by atoms with Crippen LogP contribution in [0.25, 0.3) is 22.1 Å². The van der Waals surface area contributed by atoms with Gasteiger partial charge in [0.15, 0.2) is 0 Å². The van der Waals surface area contributed by atoms with Gasteiger partial charge in [0.05, 0.1) is 28.1 Å². The van der Waals surface area contributed by atoms with Crippen molar-refractivity contribution in [1.29, 1.82) is 0 Å². The van der Waals surface area contributed by atoms with Crippen LogP contribution in [-0.4, -0.2) is 43.4 Å². The zero-order valence-corrected chi connectivity index (χ0v) is 15.9. The molecule has 6 nitrogen and oxygen atoms in total. The highest BCUT2D eigenvalue weighted by Crippen LogP contribution is 2.31. The Balaban J connectivity index is 1.40. The standard InChI is InChI=1S/C22H21N5O/c1-14(2)21-25-18-5-3-4-6-20(18)27(21)16-12-26(13-16)22(28)15-7-8-17-19(11-15)24-10-9-23-17/h3-11,14,16H,12-13H2,1-2H3. The highest BCUT2D eigenvalue weighted by Gasteiger charge is 2.35. The average molecular weight is 371 g/mol. The van der Waals surface area contributed by atoms with Gasteiger partial charge in [0.2, 0.25) is 0 Å². The van der Waals surface area contributed by atoms with E-state index in [0.29, 0.717) is 24.6 Å². The van der Waals surface area contributed by atoms with Gasteiger partial charge in [-0.1, -0.05) is 26.0 Å². The third kappa shape index (κ3) is 2.64. The minimum Gasteiger partial charge on any atom is -0.334 e. The number of imidazole rings is 1. The zero-order chi connectivity index (χ0) is 19.3. The van der Waals surface area contributed by atoms with Crippen LogP contribution in [0.3, 0.4) is 0 Å². The van der Waals surface area contributed by atoms with Gasteiger partial charge in [-0.2, -0.15) is 0 Å². The lowest BCUT2D eigenvalue weighted by Crippen LogP contribution is -2.51. The van der Waals surface area contributed by atoms with Crippen LogP contribution in [-0.2, 0) is 0 Å². The van der Waals surface area contributed by atoms with E-state index in [1.54, 1.807) is 12.4 Å². The van der Waals surface area contributed by atoms with Crippen LogP contribution in [0.1, 0.15) is 42.0 Å². The summed E-state index contributed by atoms with van der Waals surface area (Å²) < 4.78 is 2.32. The molecule has 0 bridgehead atoms. The van der Waals surface area contributed by atoms with Crippen molar-refractivity contribution in [3.05, 3.63) is 66.2 Å². The van der Waals surface area contributed by atoms with Crippen LogP contribution in [0, 0.1) is 0 Å². The van der Waals surface area contributed by atoms with Gasteiger partial charge in [0.1, 0.15) is 5.82 Å². The van der Waals surface area contributed by atoms with Gasteiger partial charge in [-0.25, -0.2) is 4.98 Å². The Morgan fingerprint density at radius 2 is 1.75 bits per heavy atom. The Morgan fingerprint density at radius 1 is 1.00 bits per heavy atom. The first kappa shape index (κ1) is 16.9. The highest BCUT2D eigenvalue weighted by molar-refractivity contribution is 5.97. The molecule has 0 radical (unpaired) electrons. The lowest BCUT2D eigenvalue weighted by molar-refractivity contribution is 0.0521. The van der Waals surface area contributed by atoms with E-state index < -0.39 is 0 Å². The summed E-state index contributed by atoms with van der Waals surface area (Å²) in [4.78, 5) is 28.2. The van der Waals surface area contributed by atoms with Gasteiger partial charge in [0, 0.05) is 37.0 Å². The van der Waals surface area contributed by atoms with Crippen molar-refractivity contribution in [2.45, 2.75) is 25.8 Å². The molecule has 0 aliphatic carbocycles. The minimum atomic E-state index is 0.0410. The van der Waals surface area contributed by atoms with E-state index in [4.69, 9.17) is 4.98 Å². The molecule has 1 aliphatic rings. The Labute approximate surface area is 162 Å². The summed E-state index contributed by atoms with van der Waals surface area (Å²) in [5, 5.41) is 0. The number of rotatable bonds is 3. The molecule has 140 valence electrons. The third-order valence-electron chi connectivity index (χ3n) is 5.37. The first-order valence-electron chi connectivity index (χ1n) is 9.59. The molecule has 6 heteroatoms. The molecule has 0 saturated carbocycles. The summed E-state index contributed by atoms with van der Waals surface area (Å²) in [5.41, 5.74) is 4.36. The molecule has 0 unspecified atom stereocenters. The van der Waals surface area contributed by atoms with E-state index in [9.17, 15) is 4.79 Å².